The number of aromatic nitrogens is 1. The monoisotopic (exact) mass is 412 g/mol. The van der Waals surface area contributed by atoms with E-state index in [9.17, 15) is 9.18 Å². The molecule has 2 aromatic carbocycles. The van der Waals surface area contributed by atoms with Crippen LogP contribution in [0.25, 0.3) is 10.2 Å². The molecule has 0 radical (unpaired) electrons. The first-order valence-corrected chi connectivity index (χ1v) is 10.5. The van der Waals surface area contributed by atoms with E-state index in [4.69, 9.17) is 10.5 Å². The first-order chi connectivity index (χ1) is 14.1. The van der Waals surface area contributed by atoms with Crippen molar-refractivity contribution in [2.45, 2.75) is 24.9 Å². The zero-order chi connectivity index (χ0) is 20.0. The van der Waals surface area contributed by atoms with Gasteiger partial charge in [-0.15, -0.1) is 0 Å². The molecule has 2 atom stereocenters. The van der Waals surface area contributed by atoms with Gasteiger partial charge in [0.15, 0.2) is 0 Å². The van der Waals surface area contributed by atoms with Crippen LogP contribution in [0.1, 0.15) is 12.0 Å². The molecule has 2 N–H and O–H groups in total. The van der Waals surface area contributed by atoms with Gasteiger partial charge in [0.1, 0.15) is 11.6 Å². The minimum absolute atomic E-state index is 0.270. The molecule has 3 aromatic rings. The number of urea groups is 1. The Morgan fingerprint density at radius 1 is 1.21 bits per heavy atom. The summed E-state index contributed by atoms with van der Waals surface area (Å²) >= 11 is 1.21. The number of amides is 2. The van der Waals surface area contributed by atoms with Gasteiger partial charge < -0.3 is 15.4 Å². The molecule has 150 valence electrons. The Bertz CT molecular complexity index is 1050. The van der Waals surface area contributed by atoms with Gasteiger partial charge in [0.05, 0.1) is 10.2 Å². The molecule has 2 aliphatic rings. The van der Waals surface area contributed by atoms with Gasteiger partial charge in [-0.2, -0.15) is 0 Å². The van der Waals surface area contributed by atoms with Crippen LogP contribution in [0.2, 0.25) is 0 Å². The molecule has 2 aliphatic heterocycles. The number of nitrogens with zero attached hydrogens (tertiary/aromatic N) is 3. The molecular weight excluding hydrogens is 391 g/mol. The summed E-state index contributed by atoms with van der Waals surface area (Å²) in [5, 5.41) is 0.435. The van der Waals surface area contributed by atoms with Crippen LogP contribution in [-0.4, -0.2) is 52.5 Å². The molecule has 29 heavy (non-hydrogen) atoms. The van der Waals surface area contributed by atoms with Crippen LogP contribution < -0.4 is 10.5 Å². The van der Waals surface area contributed by atoms with Gasteiger partial charge in [0, 0.05) is 31.7 Å². The van der Waals surface area contributed by atoms with Gasteiger partial charge in [0.2, 0.25) is 0 Å². The molecule has 2 amide bonds. The molecule has 0 unspecified atom stereocenters. The fourth-order valence-electron chi connectivity index (χ4n) is 4.33. The van der Waals surface area contributed by atoms with Crippen LogP contribution in [-0.2, 0) is 6.42 Å². The molecule has 0 aliphatic carbocycles. The normalized spacial score (nSPS) is 21.2. The minimum atomic E-state index is -0.302. The van der Waals surface area contributed by atoms with Crippen LogP contribution in [0, 0.1) is 5.82 Å². The van der Waals surface area contributed by atoms with Gasteiger partial charge in [0.25, 0.3) is 5.19 Å². The highest BCUT2D eigenvalue weighted by Gasteiger charge is 2.44. The van der Waals surface area contributed by atoms with Crippen molar-refractivity contribution in [3.8, 4) is 10.9 Å². The van der Waals surface area contributed by atoms with E-state index in [1.54, 1.807) is 17.0 Å². The quantitative estimate of drug-likeness (QED) is 0.695. The minimum Gasteiger partial charge on any atom is -0.431 e. The zero-order valence-electron chi connectivity index (χ0n) is 15.8. The summed E-state index contributed by atoms with van der Waals surface area (Å²) in [5.74, 6) is 0.408. The zero-order valence-corrected chi connectivity index (χ0v) is 16.6. The van der Waals surface area contributed by atoms with Gasteiger partial charge >= 0.3 is 6.03 Å². The van der Waals surface area contributed by atoms with Crippen LogP contribution in [0.5, 0.6) is 10.9 Å². The largest absolute Gasteiger partial charge is 0.431 e. The molecule has 1 aromatic heterocycles. The second kappa shape index (κ2) is 7.27. The highest BCUT2D eigenvalue weighted by Crippen LogP contribution is 2.33. The van der Waals surface area contributed by atoms with E-state index in [1.807, 2.05) is 24.3 Å². The number of nitrogens with two attached hydrogens (primary N) is 1. The van der Waals surface area contributed by atoms with E-state index in [2.05, 4.69) is 9.88 Å². The Morgan fingerprint density at radius 3 is 2.72 bits per heavy atom. The molecule has 6 nitrogen and oxygen atoms in total. The summed E-state index contributed by atoms with van der Waals surface area (Å²) < 4.78 is 20.1. The van der Waals surface area contributed by atoms with Crippen molar-refractivity contribution in [1.82, 2.24) is 14.8 Å². The molecule has 8 heteroatoms. The van der Waals surface area contributed by atoms with E-state index in [0.29, 0.717) is 27.2 Å². The van der Waals surface area contributed by atoms with Crippen molar-refractivity contribution in [3.05, 3.63) is 53.8 Å². The lowest BCUT2D eigenvalue weighted by molar-refractivity contribution is 0.142. The number of carbonyl (C=O) groups is 1. The fraction of sp³-hybridized carbons (Fsp3) is 0.333. The third kappa shape index (κ3) is 3.54. The number of fused-ring (bicyclic) bond motifs is 3. The number of carbonyl (C=O) groups excluding carboxylic acids is 1. The van der Waals surface area contributed by atoms with E-state index in [-0.39, 0.29) is 17.9 Å². The van der Waals surface area contributed by atoms with E-state index >= 15 is 0 Å². The maximum atomic E-state index is 13.8. The van der Waals surface area contributed by atoms with E-state index in [0.717, 1.165) is 32.5 Å². The van der Waals surface area contributed by atoms with Crippen LogP contribution in [0.4, 0.5) is 9.18 Å². The number of thiazole rings is 1. The van der Waals surface area contributed by atoms with E-state index < -0.39 is 0 Å². The Labute approximate surface area is 171 Å². The lowest BCUT2D eigenvalue weighted by Gasteiger charge is -2.33. The number of hydrogen-bond acceptors (Lipinski definition) is 5. The number of rotatable bonds is 5. The standard InChI is InChI=1S/C21H21FN4O2S/c22-17-2-1-3-18-19(17)29-21(24-18)28-16-6-4-13(5-7-16)8-9-25-11-15-10-14(25)12-26(15)20(23)27/h1-7,14-15H,8-12H2,(H2,23,27)/t14-,15+/m1/s1. The molecule has 5 rings (SSSR count). The summed E-state index contributed by atoms with van der Waals surface area (Å²) in [6.07, 6.45) is 1.96. The Morgan fingerprint density at radius 2 is 2.03 bits per heavy atom. The van der Waals surface area contributed by atoms with Crippen molar-refractivity contribution in [1.29, 1.82) is 0 Å². The Kier molecular flexibility index (Phi) is 4.60. The average molecular weight is 412 g/mol. The number of likely N-dealkylation sites (tertiary alicyclic amines) is 2. The van der Waals surface area contributed by atoms with Crippen molar-refractivity contribution >= 4 is 27.6 Å². The fourth-order valence-corrected chi connectivity index (χ4v) is 5.17. The molecular formula is C21H21FN4O2S. The summed E-state index contributed by atoms with van der Waals surface area (Å²) in [4.78, 5) is 20.0. The number of ether oxygens (including phenoxy) is 1. The van der Waals surface area contributed by atoms with Crippen molar-refractivity contribution in [2.24, 2.45) is 5.73 Å². The van der Waals surface area contributed by atoms with Gasteiger partial charge in [-0.1, -0.05) is 29.5 Å². The Hall–Kier alpha value is -2.71. The first kappa shape index (κ1) is 18.3. The predicted octanol–water partition coefficient (Wildman–Crippen LogP) is 3.61. The summed E-state index contributed by atoms with van der Waals surface area (Å²) in [7, 11) is 0. The number of piperazine rings is 1. The highest BCUT2D eigenvalue weighted by molar-refractivity contribution is 7.20. The van der Waals surface area contributed by atoms with Gasteiger partial charge in [-0.25, -0.2) is 14.2 Å². The van der Waals surface area contributed by atoms with Crippen molar-refractivity contribution < 1.29 is 13.9 Å². The maximum absolute atomic E-state index is 13.8. The van der Waals surface area contributed by atoms with Crippen LogP contribution >= 0.6 is 11.3 Å². The van der Waals surface area contributed by atoms with Crippen LogP contribution in [0.15, 0.2) is 42.5 Å². The third-order valence-electron chi connectivity index (χ3n) is 5.80. The second-order valence-corrected chi connectivity index (χ2v) is 8.55. The molecule has 2 fully saturated rings. The molecule has 0 saturated carbocycles. The number of hydrogen-bond donors (Lipinski definition) is 1. The van der Waals surface area contributed by atoms with E-state index in [1.165, 1.54) is 23.0 Å². The smallest absolute Gasteiger partial charge is 0.315 e. The van der Waals surface area contributed by atoms with Crippen molar-refractivity contribution in [3.63, 3.8) is 0 Å². The topological polar surface area (TPSA) is 71.7 Å². The average Bonchev–Trinajstić information content (AvgIpc) is 3.41. The second-order valence-electron chi connectivity index (χ2n) is 7.59. The van der Waals surface area contributed by atoms with Crippen molar-refractivity contribution in [2.75, 3.05) is 19.6 Å². The molecule has 2 saturated heterocycles. The van der Waals surface area contributed by atoms with Crippen LogP contribution in [0.3, 0.4) is 0 Å². The lowest BCUT2D eigenvalue weighted by atomic mass is 10.1. The number of halogens is 1. The summed E-state index contributed by atoms with van der Waals surface area (Å²) in [5.41, 5.74) is 7.26. The van der Waals surface area contributed by atoms with Gasteiger partial charge in [-0.3, -0.25) is 4.90 Å². The first-order valence-electron chi connectivity index (χ1n) is 9.69. The maximum Gasteiger partial charge on any atom is 0.315 e. The Balaban J connectivity index is 1.18. The number of benzene rings is 2. The summed E-state index contributed by atoms with van der Waals surface area (Å²) in [6.45, 7) is 2.61. The summed E-state index contributed by atoms with van der Waals surface area (Å²) in [6, 6.07) is 13.2. The van der Waals surface area contributed by atoms with Gasteiger partial charge in [-0.05, 0) is 42.7 Å². The number of primary amides is 1. The molecule has 0 spiro atoms. The third-order valence-corrected chi connectivity index (χ3v) is 6.76. The SMILES string of the molecule is NC(=O)N1C[C@H]2C[C@H]1CN2CCc1ccc(Oc2nc3cccc(F)c3s2)cc1. The molecule has 2 bridgehead atoms. The highest BCUT2D eigenvalue weighted by atomic mass is 32.1. The lowest BCUT2D eigenvalue weighted by Crippen LogP contribution is -2.50. The molecule has 3 heterocycles. The predicted molar refractivity (Wildman–Crippen MR) is 110 cm³/mol.